The maximum Gasteiger partial charge on any atom is 0.222 e. The van der Waals surface area contributed by atoms with Gasteiger partial charge in [0.2, 0.25) is 6.21 Å². The lowest BCUT2D eigenvalue weighted by Crippen LogP contribution is -2.02. The van der Waals surface area contributed by atoms with Crippen molar-refractivity contribution in [1.82, 2.24) is 0 Å². The molecular formula is C17H20NO4+. The first kappa shape index (κ1) is 15.7. The number of hydroxylamine groups is 1. The van der Waals surface area contributed by atoms with Gasteiger partial charge in [-0.05, 0) is 40.6 Å². The summed E-state index contributed by atoms with van der Waals surface area (Å²) in [6, 6.07) is 13.2. The Morgan fingerprint density at radius 1 is 1.00 bits per heavy atom. The van der Waals surface area contributed by atoms with Gasteiger partial charge in [-0.3, -0.25) is 5.21 Å². The van der Waals surface area contributed by atoms with Crippen LogP contribution in [0.25, 0.3) is 0 Å². The van der Waals surface area contributed by atoms with Gasteiger partial charge in [-0.1, -0.05) is 12.1 Å². The third kappa shape index (κ3) is 4.15. The lowest BCUT2D eigenvalue weighted by molar-refractivity contribution is -0.750. The smallest absolute Gasteiger partial charge is 0.222 e. The summed E-state index contributed by atoms with van der Waals surface area (Å²) in [5, 5.41) is 9.23. The minimum absolute atomic E-state index is 0.434. The van der Waals surface area contributed by atoms with E-state index in [0.29, 0.717) is 18.1 Å². The van der Waals surface area contributed by atoms with Crippen LogP contribution in [0.2, 0.25) is 0 Å². The topological polar surface area (TPSA) is 50.9 Å². The number of rotatable bonds is 6. The maximum absolute atomic E-state index is 9.23. The summed E-state index contributed by atoms with van der Waals surface area (Å²) in [6.45, 7) is 0.434. The molecule has 0 aliphatic heterocycles. The van der Waals surface area contributed by atoms with Crippen molar-refractivity contribution in [3.05, 3.63) is 53.6 Å². The Morgan fingerprint density at radius 2 is 1.73 bits per heavy atom. The Hall–Kier alpha value is -2.69. The highest BCUT2D eigenvalue weighted by Gasteiger charge is 2.07. The zero-order chi connectivity index (χ0) is 15.9. The second-order valence-corrected chi connectivity index (χ2v) is 4.75. The molecule has 0 aromatic heterocycles. The summed E-state index contributed by atoms with van der Waals surface area (Å²) >= 11 is 0. The standard InChI is InChI=1S/C17H20NO4/c1-18(19)11-14-6-9-16(17(10-14)21-3)22-12-13-4-7-15(20-2)8-5-13/h4-11,19H,12H2,1-3H3/q+1. The SMILES string of the molecule is COc1ccc(COc2ccc(C=[N+](C)O)cc2OC)cc1. The van der Waals surface area contributed by atoms with Crippen LogP contribution in [0.3, 0.4) is 0 Å². The van der Waals surface area contributed by atoms with Gasteiger partial charge >= 0.3 is 0 Å². The highest BCUT2D eigenvalue weighted by molar-refractivity contribution is 5.77. The summed E-state index contributed by atoms with van der Waals surface area (Å²) < 4.78 is 17.2. The normalized spacial score (nSPS) is 11.1. The van der Waals surface area contributed by atoms with E-state index in [0.717, 1.165) is 21.6 Å². The number of benzene rings is 2. The fourth-order valence-corrected chi connectivity index (χ4v) is 1.98. The van der Waals surface area contributed by atoms with Gasteiger partial charge in [0.05, 0.1) is 14.2 Å². The Bertz CT molecular complexity index is 646. The van der Waals surface area contributed by atoms with Gasteiger partial charge in [0, 0.05) is 5.56 Å². The van der Waals surface area contributed by atoms with Crippen molar-refractivity contribution in [1.29, 1.82) is 0 Å². The van der Waals surface area contributed by atoms with Crippen LogP contribution in [-0.4, -0.2) is 37.4 Å². The van der Waals surface area contributed by atoms with E-state index >= 15 is 0 Å². The molecule has 116 valence electrons. The largest absolute Gasteiger partial charge is 0.497 e. The average Bonchev–Trinajstić information content (AvgIpc) is 2.53. The van der Waals surface area contributed by atoms with E-state index in [-0.39, 0.29) is 0 Å². The summed E-state index contributed by atoms with van der Waals surface area (Å²) in [6.07, 6.45) is 1.58. The van der Waals surface area contributed by atoms with Crippen molar-refractivity contribution in [3.8, 4) is 17.2 Å². The summed E-state index contributed by atoms with van der Waals surface area (Å²) in [4.78, 5) is 0. The first-order valence-corrected chi connectivity index (χ1v) is 6.82. The Kier molecular flexibility index (Phi) is 5.25. The molecule has 2 rings (SSSR count). The Morgan fingerprint density at radius 3 is 2.32 bits per heavy atom. The monoisotopic (exact) mass is 302 g/mol. The number of hydrogen-bond donors (Lipinski definition) is 1. The van der Waals surface area contributed by atoms with Crippen molar-refractivity contribution in [3.63, 3.8) is 0 Å². The van der Waals surface area contributed by atoms with Crippen LogP contribution < -0.4 is 14.2 Å². The van der Waals surface area contributed by atoms with Crippen LogP contribution in [0, 0.1) is 0 Å². The molecule has 0 heterocycles. The van der Waals surface area contributed by atoms with Gasteiger partial charge in [0.25, 0.3) is 0 Å². The Balaban J connectivity index is 2.09. The molecule has 0 fully saturated rings. The molecule has 0 spiro atoms. The molecular weight excluding hydrogens is 282 g/mol. The van der Waals surface area contributed by atoms with Crippen LogP contribution in [-0.2, 0) is 6.61 Å². The van der Waals surface area contributed by atoms with E-state index in [2.05, 4.69) is 0 Å². The van der Waals surface area contributed by atoms with Crippen LogP contribution >= 0.6 is 0 Å². The summed E-state index contributed by atoms with van der Waals surface area (Å²) in [5.41, 5.74) is 1.85. The molecule has 0 amide bonds. The van der Waals surface area contributed by atoms with Crippen molar-refractivity contribution >= 4 is 6.21 Å². The molecule has 22 heavy (non-hydrogen) atoms. The first-order valence-electron chi connectivity index (χ1n) is 6.82. The molecule has 0 radical (unpaired) electrons. The number of nitrogens with zero attached hydrogens (tertiary/aromatic N) is 1. The molecule has 0 saturated carbocycles. The highest BCUT2D eigenvalue weighted by atomic mass is 16.5. The maximum atomic E-state index is 9.23. The second kappa shape index (κ2) is 7.36. The molecule has 1 N–H and O–H groups in total. The van der Waals surface area contributed by atoms with E-state index in [9.17, 15) is 5.21 Å². The van der Waals surface area contributed by atoms with Crippen LogP contribution in [0.15, 0.2) is 42.5 Å². The van der Waals surface area contributed by atoms with E-state index in [1.165, 1.54) is 0 Å². The zero-order valence-electron chi connectivity index (χ0n) is 12.9. The molecule has 0 unspecified atom stereocenters. The van der Waals surface area contributed by atoms with Gasteiger partial charge in [0.15, 0.2) is 18.5 Å². The van der Waals surface area contributed by atoms with Crippen molar-refractivity contribution < 1.29 is 24.2 Å². The molecule has 0 bridgehead atoms. The van der Waals surface area contributed by atoms with Crippen molar-refractivity contribution in [2.24, 2.45) is 0 Å². The van der Waals surface area contributed by atoms with E-state index in [4.69, 9.17) is 14.2 Å². The van der Waals surface area contributed by atoms with Crippen LogP contribution in [0.5, 0.6) is 17.2 Å². The third-order valence-corrected chi connectivity index (χ3v) is 3.08. The van der Waals surface area contributed by atoms with Crippen LogP contribution in [0.1, 0.15) is 11.1 Å². The van der Waals surface area contributed by atoms with E-state index < -0.39 is 0 Å². The predicted octanol–water partition coefficient (Wildman–Crippen LogP) is 2.73. The molecule has 2 aromatic carbocycles. The minimum Gasteiger partial charge on any atom is -0.497 e. The van der Waals surface area contributed by atoms with Gasteiger partial charge in [0.1, 0.15) is 12.4 Å². The van der Waals surface area contributed by atoms with Gasteiger partial charge in [-0.15, -0.1) is 0 Å². The van der Waals surface area contributed by atoms with Gasteiger partial charge in [-0.2, -0.15) is 0 Å². The zero-order valence-corrected chi connectivity index (χ0v) is 12.9. The highest BCUT2D eigenvalue weighted by Crippen LogP contribution is 2.28. The molecule has 5 heteroatoms. The summed E-state index contributed by atoms with van der Waals surface area (Å²) in [5.74, 6) is 2.08. The molecule has 0 aliphatic rings. The predicted molar refractivity (Wildman–Crippen MR) is 83.5 cm³/mol. The first-order chi connectivity index (χ1) is 10.6. The van der Waals surface area contributed by atoms with Gasteiger partial charge < -0.3 is 14.2 Å². The fraction of sp³-hybridized carbons (Fsp3) is 0.235. The van der Waals surface area contributed by atoms with Crippen LogP contribution in [0.4, 0.5) is 0 Å². The van der Waals surface area contributed by atoms with Crippen molar-refractivity contribution in [2.45, 2.75) is 6.61 Å². The Labute approximate surface area is 130 Å². The second-order valence-electron chi connectivity index (χ2n) is 4.75. The number of hydrogen-bond acceptors (Lipinski definition) is 4. The van der Waals surface area contributed by atoms with Crippen molar-refractivity contribution in [2.75, 3.05) is 21.3 Å². The lowest BCUT2D eigenvalue weighted by Gasteiger charge is -2.11. The van der Waals surface area contributed by atoms with E-state index in [1.807, 2.05) is 36.4 Å². The molecule has 0 saturated heterocycles. The van der Waals surface area contributed by atoms with Gasteiger partial charge in [-0.25, -0.2) is 0 Å². The molecule has 5 nitrogen and oxygen atoms in total. The summed E-state index contributed by atoms with van der Waals surface area (Å²) in [7, 11) is 4.77. The minimum atomic E-state index is 0.434. The quantitative estimate of drug-likeness (QED) is 0.386. The van der Waals surface area contributed by atoms with E-state index in [1.54, 1.807) is 33.5 Å². The molecule has 0 aliphatic carbocycles. The third-order valence-electron chi connectivity index (χ3n) is 3.08. The number of ether oxygens (including phenoxy) is 3. The molecule has 0 atom stereocenters. The average molecular weight is 302 g/mol. The molecule has 2 aromatic rings. The fourth-order valence-electron chi connectivity index (χ4n) is 1.98. The number of methoxy groups -OCH3 is 2. The lowest BCUT2D eigenvalue weighted by atomic mass is 10.2.